The molecule has 0 unspecified atom stereocenters. The van der Waals surface area contributed by atoms with E-state index < -0.39 is 0 Å². The van der Waals surface area contributed by atoms with Gasteiger partial charge in [-0.3, -0.25) is 4.90 Å². The maximum atomic E-state index is 6.02. The Kier molecular flexibility index (Phi) is 3.62. The lowest BCUT2D eigenvalue weighted by atomic mass is 10.1. The number of halogens is 1. The van der Waals surface area contributed by atoms with Gasteiger partial charge in [0.2, 0.25) is 0 Å². The van der Waals surface area contributed by atoms with E-state index in [1.54, 1.807) is 0 Å². The lowest BCUT2D eigenvalue weighted by Crippen LogP contribution is -2.35. The topological polar surface area (TPSA) is 12.5 Å². The minimum Gasteiger partial charge on any atom is -0.379 e. The van der Waals surface area contributed by atoms with Crippen LogP contribution in [0.1, 0.15) is 11.1 Å². The molecule has 0 aliphatic carbocycles. The SMILES string of the molecule is Cc1cc(Cl)cc(CN2CCOCC2)c1. The van der Waals surface area contributed by atoms with E-state index in [4.69, 9.17) is 16.3 Å². The van der Waals surface area contributed by atoms with E-state index in [0.29, 0.717) is 0 Å². The summed E-state index contributed by atoms with van der Waals surface area (Å²) in [6.07, 6.45) is 0. The molecule has 1 aromatic rings. The average Bonchev–Trinajstić information content (AvgIpc) is 2.17. The molecule has 0 N–H and O–H groups in total. The van der Waals surface area contributed by atoms with E-state index in [1.807, 2.05) is 12.1 Å². The van der Waals surface area contributed by atoms with Crippen molar-refractivity contribution in [2.45, 2.75) is 13.5 Å². The largest absolute Gasteiger partial charge is 0.379 e. The van der Waals surface area contributed by atoms with Crippen LogP contribution in [0.5, 0.6) is 0 Å². The zero-order chi connectivity index (χ0) is 10.7. The predicted molar refractivity (Wildman–Crippen MR) is 62.3 cm³/mol. The first-order valence-electron chi connectivity index (χ1n) is 5.30. The molecule has 1 aliphatic heterocycles. The zero-order valence-electron chi connectivity index (χ0n) is 9.00. The van der Waals surface area contributed by atoms with E-state index in [-0.39, 0.29) is 0 Å². The van der Waals surface area contributed by atoms with Gasteiger partial charge in [0.25, 0.3) is 0 Å². The molecule has 0 radical (unpaired) electrons. The van der Waals surface area contributed by atoms with Gasteiger partial charge in [-0.25, -0.2) is 0 Å². The molecule has 2 nitrogen and oxygen atoms in total. The Hall–Kier alpha value is -0.570. The highest BCUT2D eigenvalue weighted by Crippen LogP contribution is 2.16. The van der Waals surface area contributed by atoms with Crippen molar-refractivity contribution in [3.63, 3.8) is 0 Å². The molecule has 0 amide bonds. The fraction of sp³-hybridized carbons (Fsp3) is 0.500. The van der Waals surface area contributed by atoms with E-state index >= 15 is 0 Å². The number of nitrogens with zero attached hydrogens (tertiary/aromatic N) is 1. The Morgan fingerprint density at radius 3 is 2.67 bits per heavy atom. The van der Waals surface area contributed by atoms with Crippen LogP contribution in [0.4, 0.5) is 0 Å². The fourth-order valence-corrected chi connectivity index (χ4v) is 2.23. The van der Waals surface area contributed by atoms with Gasteiger partial charge in [0.15, 0.2) is 0 Å². The van der Waals surface area contributed by atoms with Crippen molar-refractivity contribution in [3.8, 4) is 0 Å². The maximum absolute atomic E-state index is 6.02. The quantitative estimate of drug-likeness (QED) is 0.767. The molecule has 0 saturated carbocycles. The highest BCUT2D eigenvalue weighted by atomic mass is 35.5. The fourth-order valence-electron chi connectivity index (χ4n) is 1.92. The lowest BCUT2D eigenvalue weighted by molar-refractivity contribution is 0.0342. The minimum absolute atomic E-state index is 0.832. The van der Waals surface area contributed by atoms with Gasteiger partial charge in [0.1, 0.15) is 0 Å². The second-order valence-corrected chi connectivity index (χ2v) is 4.46. The first-order valence-corrected chi connectivity index (χ1v) is 5.68. The Bertz CT molecular complexity index is 314. The van der Waals surface area contributed by atoms with Crippen LogP contribution in [0.25, 0.3) is 0 Å². The number of aryl methyl sites for hydroxylation is 1. The van der Waals surface area contributed by atoms with Crippen LogP contribution in [0.15, 0.2) is 18.2 Å². The third kappa shape index (κ3) is 3.20. The average molecular weight is 226 g/mol. The summed E-state index contributed by atoms with van der Waals surface area (Å²) in [4.78, 5) is 2.40. The summed E-state index contributed by atoms with van der Waals surface area (Å²) in [6, 6.07) is 6.23. The third-order valence-corrected chi connectivity index (χ3v) is 2.83. The van der Waals surface area contributed by atoms with Crippen molar-refractivity contribution in [2.75, 3.05) is 26.3 Å². The van der Waals surface area contributed by atoms with Crippen LogP contribution in [0.3, 0.4) is 0 Å². The van der Waals surface area contributed by atoms with Gasteiger partial charge in [-0.1, -0.05) is 17.7 Å². The van der Waals surface area contributed by atoms with Crippen molar-refractivity contribution in [3.05, 3.63) is 34.3 Å². The Labute approximate surface area is 95.8 Å². The summed E-state index contributed by atoms with van der Waals surface area (Å²) >= 11 is 6.02. The summed E-state index contributed by atoms with van der Waals surface area (Å²) < 4.78 is 5.32. The Balaban J connectivity index is 2.02. The molecule has 1 saturated heterocycles. The predicted octanol–water partition coefficient (Wildman–Crippen LogP) is 2.48. The van der Waals surface area contributed by atoms with Crippen molar-refractivity contribution < 1.29 is 4.74 Å². The van der Waals surface area contributed by atoms with Crippen molar-refractivity contribution in [2.24, 2.45) is 0 Å². The van der Waals surface area contributed by atoms with Gasteiger partial charge in [-0.2, -0.15) is 0 Å². The van der Waals surface area contributed by atoms with Gasteiger partial charge in [0, 0.05) is 24.7 Å². The van der Waals surface area contributed by atoms with Crippen LogP contribution in [-0.2, 0) is 11.3 Å². The molecular weight excluding hydrogens is 210 g/mol. The molecule has 1 fully saturated rings. The molecule has 0 atom stereocenters. The van der Waals surface area contributed by atoms with Crippen LogP contribution in [0.2, 0.25) is 5.02 Å². The Morgan fingerprint density at radius 1 is 1.27 bits per heavy atom. The Morgan fingerprint density at radius 2 is 2.00 bits per heavy atom. The third-order valence-electron chi connectivity index (χ3n) is 2.61. The standard InChI is InChI=1S/C12H16ClNO/c1-10-6-11(8-12(13)7-10)9-14-2-4-15-5-3-14/h6-8H,2-5,9H2,1H3. The molecule has 1 aliphatic rings. The first-order chi connectivity index (χ1) is 7.24. The smallest absolute Gasteiger partial charge is 0.0594 e. The van der Waals surface area contributed by atoms with Gasteiger partial charge in [0.05, 0.1) is 13.2 Å². The van der Waals surface area contributed by atoms with Crippen LogP contribution >= 0.6 is 11.6 Å². The molecule has 2 rings (SSSR count). The molecule has 0 aromatic heterocycles. The molecule has 1 heterocycles. The van der Waals surface area contributed by atoms with E-state index in [2.05, 4.69) is 17.9 Å². The number of ether oxygens (including phenoxy) is 1. The second-order valence-electron chi connectivity index (χ2n) is 4.03. The summed E-state index contributed by atoms with van der Waals surface area (Å²) in [5, 5.41) is 0.832. The summed E-state index contributed by atoms with van der Waals surface area (Å²) in [7, 11) is 0. The van der Waals surface area contributed by atoms with Crippen molar-refractivity contribution >= 4 is 11.6 Å². The second kappa shape index (κ2) is 4.97. The number of morpholine rings is 1. The van der Waals surface area contributed by atoms with Gasteiger partial charge in [-0.05, 0) is 30.2 Å². The zero-order valence-corrected chi connectivity index (χ0v) is 9.76. The minimum atomic E-state index is 0.832. The molecule has 1 aromatic carbocycles. The van der Waals surface area contributed by atoms with E-state index in [9.17, 15) is 0 Å². The van der Waals surface area contributed by atoms with Crippen LogP contribution in [-0.4, -0.2) is 31.2 Å². The molecule has 0 spiro atoms. The number of hydrogen-bond acceptors (Lipinski definition) is 2. The summed E-state index contributed by atoms with van der Waals surface area (Å²) in [5.74, 6) is 0. The number of benzene rings is 1. The van der Waals surface area contributed by atoms with Crippen molar-refractivity contribution in [1.29, 1.82) is 0 Å². The number of hydrogen-bond donors (Lipinski definition) is 0. The van der Waals surface area contributed by atoms with Crippen LogP contribution < -0.4 is 0 Å². The molecule has 0 bridgehead atoms. The highest BCUT2D eigenvalue weighted by molar-refractivity contribution is 6.30. The summed E-state index contributed by atoms with van der Waals surface area (Å²) in [6.45, 7) is 6.79. The van der Waals surface area contributed by atoms with Gasteiger partial charge in [-0.15, -0.1) is 0 Å². The van der Waals surface area contributed by atoms with Crippen LogP contribution in [0, 0.1) is 6.92 Å². The molecule has 3 heteroatoms. The highest BCUT2D eigenvalue weighted by Gasteiger charge is 2.10. The van der Waals surface area contributed by atoms with E-state index in [0.717, 1.165) is 37.9 Å². The van der Waals surface area contributed by atoms with Gasteiger partial charge >= 0.3 is 0 Å². The molecule has 82 valence electrons. The normalized spacial score (nSPS) is 18.0. The molecular formula is C12H16ClNO. The first kappa shape index (κ1) is 10.9. The number of rotatable bonds is 2. The lowest BCUT2D eigenvalue weighted by Gasteiger charge is -2.26. The monoisotopic (exact) mass is 225 g/mol. The van der Waals surface area contributed by atoms with Crippen molar-refractivity contribution in [1.82, 2.24) is 4.90 Å². The van der Waals surface area contributed by atoms with E-state index in [1.165, 1.54) is 11.1 Å². The maximum Gasteiger partial charge on any atom is 0.0594 e. The summed E-state index contributed by atoms with van der Waals surface area (Å²) in [5.41, 5.74) is 2.52. The molecule has 15 heavy (non-hydrogen) atoms. The van der Waals surface area contributed by atoms with Gasteiger partial charge < -0.3 is 4.74 Å².